The molecular weight excluding hydrogens is 380 g/mol. The van der Waals surface area contributed by atoms with Crippen LogP contribution in [0.4, 0.5) is 10.8 Å². The van der Waals surface area contributed by atoms with E-state index < -0.39 is 5.91 Å². The Morgan fingerprint density at radius 3 is 2.93 bits per heavy atom. The summed E-state index contributed by atoms with van der Waals surface area (Å²) in [5.74, 6) is 0.618. The molecule has 0 saturated carbocycles. The van der Waals surface area contributed by atoms with Crippen LogP contribution in [0.25, 0.3) is 12.2 Å². The van der Waals surface area contributed by atoms with E-state index in [1.54, 1.807) is 42.7 Å². The van der Waals surface area contributed by atoms with Crippen molar-refractivity contribution in [2.75, 3.05) is 12.1 Å². The Hall–Kier alpha value is -3.72. The van der Waals surface area contributed by atoms with Crippen molar-refractivity contribution in [3.05, 3.63) is 57.7 Å². The highest BCUT2D eigenvalue weighted by atomic mass is 32.1. The molecule has 9 heteroatoms. The standard InChI is InChI=1S/C19H12N4O4S/c24-17-11(4-10-5-14-15(27-9-26-14)7-13(10)22-17)6-16-18(25)23-19(28-16)21-12-2-1-3-20-8-12/h1-8,25H,9H2,(H,21,23)/b11-6-. The summed E-state index contributed by atoms with van der Waals surface area (Å²) < 4.78 is 10.7. The molecule has 1 aromatic carbocycles. The van der Waals surface area contributed by atoms with Crippen molar-refractivity contribution < 1.29 is 19.4 Å². The third-order valence-electron chi connectivity index (χ3n) is 4.14. The predicted molar refractivity (Wildman–Crippen MR) is 102 cm³/mol. The molecular formula is C19H12N4O4S. The second kappa shape index (κ2) is 6.46. The molecule has 8 nitrogen and oxygen atoms in total. The van der Waals surface area contributed by atoms with Gasteiger partial charge in [-0.2, -0.15) is 4.98 Å². The second-order valence-corrected chi connectivity index (χ2v) is 7.03. The first-order valence-electron chi connectivity index (χ1n) is 8.29. The van der Waals surface area contributed by atoms with Crippen LogP contribution in [0.1, 0.15) is 4.88 Å². The lowest BCUT2D eigenvalue weighted by molar-refractivity contribution is -0.114. The molecule has 0 radical (unpaired) electrons. The van der Waals surface area contributed by atoms with Crippen LogP contribution in [0.2, 0.25) is 0 Å². The SMILES string of the molecule is O=C1N=c2cc3c(cc2=C/C1=C/c1sc(Nc2cccnc2)nc1O)OCO3. The Balaban J connectivity index is 1.50. The topological polar surface area (TPSA) is 106 Å². The van der Waals surface area contributed by atoms with Crippen molar-refractivity contribution in [3.63, 3.8) is 0 Å². The molecule has 2 aromatic heterocycles. The van der Waals surface area contributed by atoms with E-state index in [2.05, 4.69) is 20.3 Å². The number of carbonyl (C=O) groups is 1. The van der Waals surface area contributed by atoms with E-state index in [-0.39, 0.29) is 12.7 Å². The molecule has 5 rings (SSSR count). The van der Waals surface area contributed by atoms with Crippen LogP contribution in [-0.4, -0.2) is 27.8 Å². The number of rotatable bonds is 3. The van der Waals surface area contributed by atoms with Gasteiger partial charge in [0.05, 0.1) is 22.1 Å². The molecule has 0 saturated heterocycles. The van der Waals surface area contributed by atoms with Gasteiger partial charge in [0, 0.05) is 23.1 Å². The molecule has 0 atom stereocenters. The van der Waals surface area contributed by atoms with Gasteiger partial charge in [-0.25, -0.2) is 4.99 Å². The highest BCUT2D eigenvalue weighted by molar-refractivity contribution is 7.16. The number of carbonyl (C=O) groups excluding carboxylic acids is 1. The summed E-state index contributed by atoms with van der Waals surface area (Å²) in [6.07, 6.45) is 6.59. The van der Waals surface area contributed by atoms with Gasteiger partial charge in [-0.3, -0.25) is 9.78 Å². The molecule has 0 unspecified atom stereocenters. The minimum Gasteiger partial charge on any atom is -0.492 e. The van der Waals surface area contributed by atoms with E-state index in [0.29, 0.717) is 32.4 Å². The average molecular weight is 392 g/mol. The van der Waals surface area contributed by atoms with Crippen molar-refractivity contribution in [2.45, 2.75) is 0 Å². The number of hydrogen-bond acceptors (Lipinski definition) is 8. The van der Waals surface area contributed by atoms with Crippen LogP contribution >= 0.6 is 11.3 Å². The summed E-state index contributed by atoms with van der Waals surface area (Å²) in [7, 11) is 0. The zero-order chi connectivity index (χ0) is 19.1. The maximum absolute atomic E-state index is 12.4. The normalized spacial score (nSPS) is 15.7. The number of hydrogen-bond donors (Lipinski definition) is 2. The van der Waals surface area contributed by atoms with Crippen LogP contribution in [0.3, 0.4) is 0 Å². The van der Waals surface area contributed by atoms with E-state index in [1.165, 1.54) is 11.3 Å². The molecule has 2 aliphatic rings. The van der Waals surface area contributed by atoms with Gasteiger partial charge in [-0.05, 0) is 30.4 Å². The number of aromatic hydroxyl groups is 1. The number of nitrogens with one attached hydrogen (secondary N) is 1. The molecule has 0 fully saturated rings. The molecule has 0 bridgehead atoms. The van der Waals surface area contributed by atoms with Gasteiger partial charge in [-0.15, -0.1) is 0 Å². The van der Waals surface area contributed by atoms with Crippen molar-refractivity contribution in [1.29, 1.82) is 0 Å². The van der Waals surface area contributed by atoms with Gasteiger partial charge in [-0.1, -0.05) is 11.3 Å². The lowest BCUT2D eigenvalue weighted by Crippen LogP contribution is -2.30. The van der Waals surface area contributed by atoms with E-state index in [9.17, 15) is 9.90 Å². The van der Waals surface area contributed by atoms with Gasteiger partial charge < -0.3 is 19.9 Å². The van der Waals surface area contributed by atoms with Crippen LogP contribution in [-0.2, 0) is 4.79 Å². The number of pyridine rings is 1. The Morgan fingerprint density at radius 2 is 2.11 bits per heavy atom. The fraction of sp³-hybridized carbons (Fsp3) is 0.0526. The maximum Gasteiger partial charge on any atom is 0.277 e. The fourth-order valence-corrected chi connectivity index (χ4v) is 3.67. The summed E-state index contributed by atoms with van der Waals surface area (Å²) in [6, 6.07) is 7.09. The Labute approximate surface area is 162 Å². The highest BCUT2D eigenvalue weighted by Gasteiger charge is 2.18. The lowest BCUT2D eigenvalue weighted by atomic mass is 10.1. The molecule has 0 spiro atoms. The van der Waals surface area contributed by atoms with Crippen molar-refractivity contribution in [1.82, 2.24) is 9.97 Å². The van der Waals surface area contributed by atoms with Crippen molar-refractivity contribution in [2.24, 2.45) is 4.99 Å². The van der Waals surface area contributed by atoms with Crippen LogP contribution in [0.5, 0.6) is 17.4 Å². The largest absolute Gasteiger partial charge is 0.492 e. The minimum atomic E-state index is -0.402. The quantitative estimate of drug-likeness (QED) is 0.654. The molecule has 2 aliphatic heterocycles. The number of nitrogens with zero attached hydrogens (tertiary/aromatic N) is 3. The first-order valence-corrected chi connectivity index (χ1v) is 9.10. The average Bonchev–Trinajstić information content (AvgIpc) is 3.27. The van der Waals surface area contributed by atoms with Crippen LogP contribution in [0, 0.1) is 0 Å². The summed E-state index contributed by atoms with van der Waals surface area (Å²) >= 11 is 1.22. The molecule has 28 heavy (non-hydrogen) atoms. The number of anilines is 2. The smallest absolute Gasteiger partial charge is 0.277 e. The van der Waals surface area contributed by atoms with Crippen molar-refractivity contribution in [3.8, 4) is 17.4 Å². The number of thiazole rings is 1. The van der Waals surface area contributed by atoms with Crippen molar-refractivity contribution >= 4 is 40.2 Å². The molecule has 1 amide bonds. The van der Waals surface area contributed by atoms with E-state index in [0.717, 1.165) is 10.9 Å². The van der Waals surface area contributed by atoms with E-state index >= 15 is 0 Å². The number of ether oxygens (including phenoxy) is 2. The first kappa shape index (κ1) is 16.5. The van der Waals surface area contributed by atoms with Gasteiger partial charge in [0.25, 0.3) is 5.91 Å². The number of benzene rings is 1. The number of aromatic nitrogens is 2. The Bertz CT molecular complexity index is 1250. The molecule has 4 heterocycles. The zero-order valence-electron chi connectivity index (χ0n) is 14.2. The van der Waals surface area contributed by atoms with Crippen LogP contribution < -0.4 is 25.4 Å². The fourth-order valence-electron chi connectivity index (χ4n) is 2.84. The molecule has 138 valence electrons. The van der Waals surface area contributed by atoms with E-state index in [4.69, 9.17) is 9.47 Å². The van der Waals surface area contributed by atoms with Gasteiger partial charge in [0.1, 0.15) is 0 Å². The number of fused-ring (bicyclic) bond motifs is 2. The Kier molecular flexibility index (Phi) is 3.80. The number of amides is 1. The third-order valence-corrected chi connectivity index (χ3v) is 5.04. The second-order valence-electron chi connectivity index (χ2n) is 6.00. The summed E-state index contributed by atoms with van der Waals surface area (Å²) in [5.41, 5.74) is 1.09. The third kappa shape index (κ3) is 2.97. The van der Waals surface area contributed by atoms with E-state index in [1.807, 2.05) is 6.07 Å². The first-order chi connectivity index (χ1) is 13.7. The molecule has 0 aliphatic carbocycles. The highest BCUT2D eigenvalue weighted by Crippen LogP contribution is 2.32. The summed E-state index contributed by atoms with van der Waals surface area (Å²) in [4.78, 5) is 25.1. The summed E-state index contributed by atoms with van der Waals surface area (Å²) in [6.45, 7) is 0.149. The predicted octanol–water partition coefficient (Wildman–Crippen LogP) is 1.74. The monoisotopic (exact) mass is 392 g/mol. The minimum absolute atomic E-state index is 0.149. The van der Waals surface area contributed by atoms with Gasteiger partial charge >= 0.3 is 0 Å². The van der Waals surface area contributed by atoms with Crippen LogP contribution in [0.15, 0.2) is 47.2 Å². The lowest BCUT2D eigenvalue weighted by Gasteiger charge is -2.04. The Morgan fingerprint density at radius 1 is 1.25 bits per heavy atom. The van der Waals surface area contributed by atoms with Gasteiger partial charge in [0.15, 0.2) is 16.6 Å². The zero-order valence-corrected chi connectivity index (χ0v) is 15.1. The summed E-state index contributed by atoms with van der Waals surface area (Å²) in [5, 5.41) is 15.0. The molecule has 2 N–H and O–H groups in total. The molecule has 3 aromatic rings. The maximum atomic E-state index is 12.4. The van der Waals surface area contributed by atoms with Gasteiger partial charge in [0.2, 0.25) is 12.7 Å².